The summed E-state index contributed by atoms with van der Waals surface area (Å²) in [6.45, 7) is 0.810. The standard InChI is InChI=1S/C17H20N6O3S/c1-21(2)16-19-15(26)17(20-16)4-6-22(7-5-17)12(24)9-23-10-18-11-3-8-27-13(11)14(23)25/h3,8,10H,4-7,9H2,1-2H3,(H,19,20,26). The van der Waals surface area contributed by atoms with Crippen LogP contribution in [-0.2, 0) is 16.1 Å². The van der Waals surface area contributed by atoms with Gasteiger partial charge in [0.2, 0.25) is 11.9 Å². The van der Waals surface area contributed by atoms with E-state index in [1.165, 1.54) is 22.2 Å². The second-order valence-corrected chi connectivity index (χ2v) is 7.93. The number of aromatic nitrogens is 2. The normalized spacial score (nSPS) is 18.7. The molecule has 2 aliphatic rings. The molecule has 0 bridgehead atoms. The zero-order valence-corrected chi connectivity index (χ0v) is 16.0. The Bertz CT molecular complexity index is 1000. The highest BCUT2D eigenvalue weighted by molar-refractivity contribution is 7.17. The summed E-state index contributed by atoms with van der Waals surface area (Å²) in [5.41, 5.74) is -0.340. The summed E-state index contributed by atoms with van der Waals surface area (Å²) in [6.07, 6.45) is 2.36. The van der Waals surface area contributed by atoms with E-state index in [1.807, 2.05) is 19.5 Å². The minimum atomic E-state index is -0.787. The van der Waals surface area contributed by atoms with Crippen LogP contribution in [0.15, 0.2) is 27.6 Å². The molecule has 0 atom stereocenters. The number of carbonyl (C=O) groups excluding carboxylic acids is 2. The van der Waals surface area contributed by atoms with Crippen molar-refractivity contribution in [1.29, 1.82) is 0 Å². The van der Waals surface area contributed by atoms with Gasteiger partial charge in [-0.15, -0.1) is 11.3 Å². The van der Waals surface area contributed by atoms with Gasteiger partial charge in [-0.2, -0.15) is 0 Å². The molecule has 1 saturated heterocycles. The summed E-state index contributed by atoms with van der Waals surface area (Å²) < 4.78 is 1.90. The quantitative estimate of drug-likeness (QED) is 0.772. The summed E-state index contributed by atoms with van der Waals surface area (Å²) in [6, 6.07) is 1.78. The van der Waals surface area contributed by atoms with E-state index in [9.17, 15) is 14.4 Å². The van der Waals surface area contributed by atoms with Crippen LogP contribution in [0.3, 0.4) is 0 Å². The highest BCUT2D eigenvalue weighted by atomic mass is 32.1. The van der Waals surface area contributed by atoms with Crippen molar-refractivity contribution >= 4 is 39.3 Å². The maximum Gasteiger partial charge on any atom is 0.271 e. The van der Waals surface area contributed by atoms with Crippen molar-refractivity contribution in [1.82, 2.24) is 24.7 Å². The van der Waals surface area contributed by atoms with Crippen molar-refractivity contribution in [3.8, 4) is 0 Å². The van der Waals surface area contributed by atoms with Gasteiger partial charge in [0.05, 0.1) is 11.8 Å². The summed E-state index contributed by atoms with van der Waals surface area (Å²) in [4.78, 5) is 49.7. The number of nitrogens with one attached hydrogen (secondary N) is 1. The monoisotopic (exact) mass is 388 g/mol. The van der Waals surface area contributed by atoms with Gasteiger partial charge >= 0.3 is 0 Å². The average Bonchev–Trinajstić information content (AvgIpc) is 3.24. The molecule has 0 aromatic carbocycles. The summed E-state index contributed by atoms with van der Waals surface area (Å²) in [5, 5.41) is 4.61. The molecule has 2 amide bonds. The smallest absolute Gasteiger partial charge is 0.271 e. The lowest BCUT2D eigenvalue weighted by Crippen LogP contribution is -2.51. The number of piperidine rings is 1. The van der Waals surface area contributed by atoms with Gasteiger partial charge in [-0.05, 0) is 24.3 Å². The number of rotatable bonds is 2. The Labute approximate surface area is 159 Å². The summed E-state index contributed by atoms with van der Waals surface area (Å²) in [5.74, 6) is 0.295. The zero-order chi connectivity index (χ0) is 19.2. The van der Waals surface area contributed by atoms with Crippen molar-refractivity contribution in [3.05, 3.63) is 28.1 Å². The van der Waals surface area contributed by atoms with E-state index < -0.39 is 5.54 Å². The number of likely N-dealkylation sites (tertiary alicyclic amines) is 1. The number of hydrogen-bond donors (Lipinski definition) is 1. The van der Waals surface area contributed by atoms with Gasteiger partial charge in [0, 0.05) is 27.2 Å². The van der Waals surface area contributed by atoms with Crippen molar-refractivity contribution in [3.63, 3.8) is 0 Å². The predicted molar refractivity (Wildman–Crippen MR) is 102 cm³/mol. The Morgan fingerprint density at radius 3 is 2.74 bits per heavy atom. The molecule has 1 fully saturated rings. The van der Waals surface area contributed by atoms with Crippen LogP contribution in [0.4, 0.5) is 0 Å². The number of hydrogen-bond acceptors (Lipinski definition) is 7. The van der Waals surface area contributed by atoms with Crippen LogP contribution in [0, 0.1) is 0 Å². The third-order valence-electron chi connectivity index (χ3n) is 5.08. The Balaban J connectivity index is 1.45. The first kappa shape index (κ1) is 17.7. The lowest BCUT2D eigenvalue weighted by Gasteiger charge is -2.35. The lowest BCUT2D eigenvalue weighted by atomic mass is 9.88. The molecule has 0 saturated carbocycles. The highest BCUT2D eigenvalue weighted by Gasteiger charge is 2.46. The van der Waals surface area contributed by atoms with Crippen LogP contribution in [-0.4, -0.2) is 69.8 Å². The van der Waals surface area contributed by atoms with E-state index in [2.05, 4.69) is 15.3 Å². The van der Waals surface area contributed by atoms with E-state index >= 15 is 0 Å². The van der Waals surface area contributed by atoms with Crippen LogP contribution < -0.4 is 10.9 Å². The average molecular weight is 388 g/mol. The van der Waals surface area contributed by atoms with E-state index in [4.69, 9.17) is 0 Å². The fourth-order valence-corrected chi connectivity index (χ4v) is 4.21. The molecule has 2 aromatic heterocycles. The molecule has 10 heteroatoms. The van der Waals surface area contributed by atoms with Gasteiger partial charge in [0.25, 0.3) is 11.5 Å². The topological polar surface area (TPSA) is 99.9 Å². The van der Waals surface area contributed by atoms with Gasteiger partial charge in [-0.3, -0.25) is 24.3 Å². The van der Waals surface area contributed by atoms with Crippen LogP contribution in [0.1, 0.15) is 12.8 Å². The molecule has 1 spiro atoms. The molecular weight excluding hydrogens is 368 g/mol. The molecule has 27 heavy (non-hydrogen) atoms. The van der Waals surface area contributed by atoms with Crippen molar-refractivity contribution in [2.24, 2.45) is 4.99 Å². The SMILES string of the molecule is CN(C)C1=NC2(CCN(C(=O)Cn3cnc4ccsc4c3=O)CC2)C(=O)N1. The zero-order valence-electron chi connectivity index (χ0n) is 15.1. The van der Waals surface area contributed by atoms with Gasteiger partial charge in [0.15, 0.2) is 0 Å². The Hall–Kier alpha value is -2.75. The van der Waals surface area contributed by atoms with Crippen LogP contribution in [0.25, 0.3) is 10.2 Å². The molecule has 1 N–H and O–H groups in total. The van der Waals surface area contributed by atoms with E-state index in [-0.39, 0.29) is 23.9 Å². The number of aliphatic imine (C=N–C) groups is 1. The van der Waals surface area contributed by atoms with Crippen LogP contribution in [0.5, 0.6) is 0 Å². The number of guanidine groups is 1. The largest absolute Gasteiger partial charge is 0.349 e. The van der Waals surface area contributed by atoms with E-state index in [0.717, 1.165) is 0 Å². The maximum absolute atomic E-state index is 12.6. The lowest BCUT2D eigenvalue weighted by molar-refractivity contribution is -0.136. The molecule has 4 rings (SSSR count). The van der Waals surface area contributed by atoms with Gasteiger partial charge < -0.3 is 9.80 Å². The third kappa shape index (κ3) is 2.99. The van der Waals surface area contributed by atoms with Gasteiger partial charge in [0.1, 0.15) is 16.8 Å². The second kappa shape index (κ2) is 6.45. The first-order valence-corrected chi connectivity index (χ1v) is 9.57. The fraction of sp³-hybridized carbons (Fsp3) is 0.471. The van der Waals surface area contributed by atoms with Crippen LogP contribution >= 0.6 is 11.3 Å². The fourth-order valence-electron chi connectivity index (χ4n) is 3.41. The number of fused-ring (bicyclic) bond motifs is 1. The summed E-state index contributed by atoms with van der Waals surface area (Å²) >= 11 is 1.32. The molecule has 0 radical (unpaired) electrons. The van der Waals surface area contributed by atoms with Crippen molar-refractivity contribution in [2.45, 2.75) is 24.9 Å². The predicted octanol–water partition coefficient (Wildman–Crippen LogP) is -0.133. The minimum absolute atomic E-state index is 0.0505. The van der Waals surface area contributed by atoms with Gasteiger partial charge in [-0.1, -0.05) is 0 Å². The summed E-state index contributed by atoms with van der Waals surface area (Å²) in [7, 11) is 3.65. The molecule has 2 aliphatic heterocycles. The number of nitrogens with zero attached hydrogens (tertiary/aromatic N) is 5. The number of thiophene rings is 1. The molecule has 142 valence electrons. The van der Waals surface area contributed by atoms with Gasteiger partial charge in [-0.25, -0.2) is 9.98 Å². The Morgan fingerprint density at radius 2 is 2.07 bits per heavy atom. The second-order valence-electron chi connectivity index (χ2n) is 7.01. The van der Waals surface area contributed by atoms with E-state index in [0.29, 0.717) is 42.1 Å². The molecule has 0 unspecified atom stereocenters. The molecule has 2 aromatic rings. The maximum atomic E-state index is 12.6. The van der Waals surface area contributed by atoms with Crippen molar-refractivity contribution < 1.29 is 9.59 Å². The molecule has 9 nitrogen and oxygen atoms in total. The third-order valence-corrected chi connectivity index (χ3v) is 5.97. The number of amides is 2. The van der Waals surface area contributed by atoms with Crippen molar-refractivity contribution in [2.75, 3.05) is 27.2 Å². The molecule has 4 heterocycles. The number of carbonyl (C=O) groups is 2. The Kier molecular flexibility index (Phi) is 4.22. The highest BCUT2D eigenvalue weighted by Crippen LogP contribution is 2.30. The first-order valence-electron chi connectivity index (χ1n) is 8.69. The molecule has 0 aliphatic carbocycles. The van der Waals surface area contributed by atoms with Crippen LogP contribution in [0.2, 0.25) is 0 Å². The Morgan fingerprint density at radius 1 is 1.33 bits per heavy atom. The minimum Gasteiger partial charge on any atom is -0.349 e. The molecular formula is C17H20N6O3S. The van der Waals surface area contributed by atoms with E-state index in [1.54, 1.807) is 15.9 Å². The first-order chi connectivity index (χ1) is 12.9.